The highest BCUT2D eigenvalue weighted by Gasteiger charge is 2.25. The van der Waals surface area contributed by atoms with Crippen LogP contribution in [0.25, 0.3) is 0 Å². The molecule has 0 radical (unpaired) electrons. The lowest BCUT2D eigenvalue weighted by atomic mass is 9.92. The number of ether oxygens (including phenoxy) is 3. The number of carboxylic acid groups (broad SMARTS) is 1. The lowest BCUT2D eigenvalue weighted by molar-refractivity contribution is -0.171. The molecular formula is C27H34N2O5S. The molecule has 1 atom stereocenters. The number of anilines is 1. The van der Waals surface area contributed by atoms with E-state index in [2.05, 4.69) is 22.1 Å². The second-order valence-corrected chi connectivity index (χ2v) is 10.9. The smallest absolute Gasteiger partial charge is 0.348 e. The van der Waals surface area contributed by atoms with Gasteiger partial charge in [0.05, 0.1) is 17.2 Å². The molecule has 0 spiro atoms. The molecule has 35 heavy (non-hydrogen) atoms. The molecule has 1 aliphatic heterocycles. The summed E-state index contributed by atoms with van der Waals surface area (Å²) in [6.07, 6.45) is 8.44. The zero-order chi connectivity index (χ0) is 24.7. The van der Waals surface area contributed by atoms with Crippen LogP contribution in [0.15, 0.2) is 30.5 Å². The number of carbonyl (C=O) groups is 1. The van der Waals surface area contributed by atoms with Crippen molar-refractivity contribution in [3.63, 3.8) is 0 Å². The fraction of sp³-hybridized carbons (Fsp3) is 0.556. The van der Waals surface area contributed by atoms with Gasteiger partial charge in [0, 0.05) is 30.3 Å². The third-order valence-electron chi connectivity index (χ3n) is 6.18. The number of aromatic carboxylic acids is 1. The molecule has 2 N–H and O–H groups in total. The molecule has 188 valence electrons. The highest BCUT2D eigenvalue weighted by Crippen LogP contribution is 2.31. The van der Waals surface area contributed by atoms with Crippen LogP contribution in [0, 0.1) is 17.3 Å². The highest BCUT2D eigenvalue weighted by molar-refractivity contribution is 7.15. The van der Waals surface area contributed by atoms with Crippen molar-refractivity contribution in [1.29, 1.82) is 0 Å². The number of nitrogens with zero attached hydrogens (tertiary/aromatic N) is 1. The van der Waals surface area contributed by atoms with Gasteiger partial charge < -0.3 is 24.6 Å². The topological polar surface area (TPSA) is 89.9 Å². The molecule has 1 aliphatic carbocycles. The van der Waals surface area contributed by atoms with Crippen LogP contribution in [-0.4, -0.2) is 47.7 Å². The number of rotatable bonds is 8. The second kappa shape index (κ2) is 11.9. The highest BCUT2D eigenvalue weighted by atomic mass is 32.1. The van der Waals surface area contributed by atoms with E-state index in [1.165, 1.54) is 11.3 Å². The predicted molar refractivity (Wildman–Crippen MR) is 136 cm³/mol. The van der Waals surface area contributed by atoms with Gasteiger partial charge in [0.15, 0.2) is 6.29 Å². The van der Waals surface area contributed by atoms with E-state index in [1.807, 2.05) is 38.1 Å². The summed E-state index contributed by atoms with van der Waals surface area (Å²) < 4.78 is 17.5. The first-order chi connectivity index (χ1) is 16.9. The Labute approximate surface area is 211 Å². The fourth-order valence-corrected chi connectivity index (χ4v) is 5.08. The first-order valence-electron chi connectivity index (χ1n) is 12.4. The van der Waals surface area contributed by atoms with Crippen molar-refractivity contribution in [3.8, 4) is 17.7 Å². The quantitative estimate of drug-likeness (QED) is 0.460. The summed E-state index contributed by atoms with van der Waals surface area (Å²) in [6.45, 7) is 5.27. The molecule has 0 aromatic carbocycles. The molecule has 0 bridgehead atoms. The Balaban J connectivity index is 1.33. The van der Waals surface area contributed by atoms with Crippen LogP contribution >= 0.6 is 11.3 Å². The lowest BCUT2D eigenvalue weighted by Gasteiger charge is -2.29. The standard InChI is InChI=1S/C27H34N2O5S/c1-27(2,18-33-24-8-4-6-16-32-24)14-13-21-17-22(25(35-21)26(30)31)29-19-9-11-20(12-10-19)34-23-7-3-5-15-28-23/h3,5,7,15,17,19-20,24,29H,4,6,8-12,16,18H2,1-2H3,(H,30,31). The molecule has 1 saturated carbocycles. The van der Waals surface area contributed by atoms with E-state index in [1.54, 1.807) is 6.20 Å². The summed E-state index contributed by atoms with van der Waals surface area (Å²) in [5.41, 5.74) is 0.277. The molecule has 2 aromatic heterocycles. The van der Waals surface area contributed by atoms with Crippen LogP contribution in [0.1, 0.15) is 73.3 Å². The van der Waals surface area contributed by atoms with Gasteiger partial charge in [-0.1, -0.05) is 17.9 Å². The Hall–Kier alpha value is -2.60. The van der Waals surface area contributed by atoms with Crippen molar-refractivity contribution in [2.45, 2.75) is 77.2 Å². The van der Waals surface area contributed by atoms with Gasteiger partial charge in [-0.15, -0.1) is 11.3 Å². The molecule has 7 nitrogen and oxygen atoms in total. The number of aromatic nitrogens is 1. The minimum Gasteiger partial charge on any atom is -0.477 e. The minimum atomic E-state index is -0.935. The first kappa shape index (κ1) is 25.5. The summed E-state index contributed by atoms with van der Waals surface area (Å²) in [5.74, 6) is 6.16. The Bertz CT molecular complexity index is 1030. The van der Waals surface area contributed by atoms with E-state index >= 15 is 0 Å². The number of nitrogens with one attached hydrogen (secondary N) is 1. The summed E-state index contributed by atoms with van der Waals surface area (Å²) in [4.78, 5) is 17.1. The van der Waals surface area contributed by atoms with Gasteiger partial charge in [0.2, 0.25) is 5.88 Å². The van der Waals surface area contributed by atoms with Crippen molar-refractivity contribution in [3.05, 3.63) is 40.2 Å². The Kier molecular flexibility index (Phi) is 8.66. The van der Waals surface area contributed by atoms with Gasteiger partial charge in [0.1, 0.15) is 11.0 Å². The number of pyridine rings is 1. The molecule has 8 heteroatoms. The normalized spacial score (nSPS) is 22.6. The maximum atomic E-state index is 11.9. The third-order valence-corrected chi connectivity index (χ3v) is 7.22. The molecule has 2 aliphatic rings. The van der Waals surface area contributed by atoms with Crippen LogP contribution in [0.4, 0.5) is 5.69 Å². The van der Waals surface area contributed by atoms with Gasteiger partial charge in [0.25, 0.3) is 0 Å². The molecule has 1 unspecified atom stereocenters. The van der Waals surface area contributed by atoms with Crippen molar-refractivity contribution in [1.82, 2.24) is 4.98 Å². The Morgan fingerprint density at radius 1 is 1.26 bits per heavy atom. The van der Waals surface area contributed by atoms with E-state index in [4.69, 9.17) is 14.2 Å². The number of hydrogen-bond acceptors (Lipinski definition) is 7. The van der Waals surface area contributed by atoms with E-state index < -0.39 is 5.97 Å². The summed E-state index contributed by atoms with van der Waals surface area (Å²) in [5, 5.41) is 13.2. The van der Waals surface area contributed by atoms with Crippen LogP contribution in [0.2, 0.25) is 0 Å². The molecule has 4 rings (SSSR count). The maximum Gasteiger partial charge on any atom is 0.348 e. The first-order valence-corrected chi connectivity index (χ1v) is 13.2. The van der Waals surface area contributed by atoms with Crippen molar-refractivity contribution >= 4 is 23.0 Å². The minimum absolute atomic E-state index is 0.134. The van der Waals surface area contributed by atoms with Crippen molar-refractivity contribution in [2.24, 2.45) is 5.41 Å². The third kappa shape index (κ3) is 7.69. The number of hydrogen-bond donors (Lipinski definition) is 2. The summed E-state index contributed by atoms with van der Waals surface area (Å²) in [6, 6.07) is 7.72. The average Bonchev–Trinajstić information content (AvgIpc) is 3.27. The molecular weight excluding hydrogens is 464 g/mol. The average molecular weight is 499 g/mol. The van der Waals surface area contributed by atoms with Crippen LogP contribution in [0.5, 0.6) is 5.88 Å². The van der Waals surface area contributed by atoms with E-state index in [0.29, 0.717) is 23.1 Å². The fourth-order valence-electron chi connectivity index (χ4n) is 4.26. The van der Waals surface area contributed by atoms with Gasteiger partial charge in [-0.2, -0.15) is 0 Å². The van der Waals surface area contributed by atoms with Gasteiger partial charge in [-0.05, 0) is 70.9 Å². The van der Waals surface area contributed by atoms with Crippen molar-refractivity contribution in [2.75, 3.05) is 18.5 Å². The zero-order valence-electron chi connectivity index (χ0n) is 20.4. The largest absolute Gasteiger partial charge is 0.477 e. The molecule has 1 saturated heterocycles. The second-order valence-electron chi connectivity index (χ2n) is 9.80. The van der Waals surface area contributed by atoms with Crippen LogP contribution in [0.3, 0.4) is 0 Å². The number of thiophene rings is 1. The van der Waals surface area contributed by atoms with Crippen LogP contribution in [-0.2, 0) is 9.47 Å². The predicted octanol–water partition coefficient (Wildman–Crippen LogP) is 5.56. The summed E-state index contributed by atoms with van der Waals surface area (Å²) >= 11 is 1.21. The molecule has 3 heterocycles. The molecule has 0 amide bonds. The van der Waals surface area contributed by atoms with E-state index in [0.717, 1.165) is 56.4 Å². The van der Waals surface area contributed by atoms with Crippen molar-refractivity contribution < 1.29 is 24.1 Å². The Morgan fingerprint density at radius 3 is 2.77 bits per heavy atom. The number of carboxylic acids is 1. The van der Waals surface area contributed by atoms with Gasteiger partial charge in [-0.25, -0.2) is 9.78 Å². The lowest BCUT2D eigenvalue weighted by Crippen LogP contribution is -2.31. The molecule has 2 fully saturated rings. The van der Waals surface area contributed by atoms with Gasteiger partial charge in [-0.3, -0.25) is 0 Å². The van der Waals surface area contributed by atoms with Gasteiger partial charge >= 0.3 is 5.97 Å². The van der Waals surface area contributed by atoms with Crippen LogP contribution < -0.4 is 10.1 Å². The van der Waals surface area contributed by atoms with E-state index in [9.17, 15) is 9.90 Å². The Morgan fingerprint density at radius 2 is 2.09 bits per heavy atom. The maximum absolute atomic E-state index is 11.9. The van der Waals surface area contributed by atoms with E-state index in [-0.39, 0.29) is 23.9 Å². The SMILES string of the molecule is CC(C)(C#Cc1cc(NC2CCC(Oc3ccccn3)CC2)c(C(=O)O)s1)COC1CCCCO1. The molecule has 2 aromatic rings. The monoisotopic (exact) mass is 498 g/mol. The zero-order valence-corrected chi connectivity index (χ0v) is 21.2. The summed E-state index contributed by atoms with van der Waals surface area (Å²) in [7, 11) is 0.